The van der Waals surface area contributed by atoms with E-state index >= 15 is 0 Å². The van der Waals surface area contributed by atoms with Crippen LogP contribution >= 0.6 is 9.24 Å². The van der Waals surface area contributed by atoms with E-state index < -0.39 is 0 Å². The highest BCUT2D eigenvalue weighted by molar-refractivity contribution is 7.16. The number of amides is 1. The predicted octanol–water partition coefficient (Wildman–Crippen LogP) is 5.03. The van der Waals surface area contributed by atoms with Crippen LogP contribution < -0.4 is 5.32 Å². The third-order valence-corrected chi connectivity index (χ3v) is 6.77. The number of rotatable bonds is 6. The van der Waals surface area contributed by atoms with Crippen molar-refractivity contribution in [2.24, 2.45) is 9.98 Å². The Balaban J connectivity index is 1.50. The molecule has 0 aromatic heterocycles. The molecule has 1 N–H and O–H groups in total. The quantitative estimate of drug-likeness (QED) is 0.297. The maximum absolute atomic E-state index is 13.6. The number of carbonyl (C=O) groups excluding carboxylic acids is 1. The van der Waals surface area contributed by atoms with Gasteiger partial charge in [0.05, 0.1) is 12.6 Å². The zero-order valence-electron chi connectivity index (χ0n) is 20.6. The first kappa shape index (κ1) is 24.0. The molecule has 1 amide bonds. The highest BCUT2D eigenvalue weighted by Crippen LogP contribution is 2.33. The van der Waals surface area contributed by atoms with Crippen molar-refractivity contribution in [1.29, 1.82) is 0 Å². The summed E-state index contributed by atoms with van der Waals surface area (Å²) in [7, 11) is 2.67. The fraction of sp³-hybridized carbons (Fsp3) is 0.207. The summed E-state index contributed by atoms with van der Waals surface area (Å²) in [6.45, 7) is 5.15. The molecule has 7 heteroatoms. The smallest absolute Gasteiger partial charge is 0.281 e. The van der Waals surface area contributed by atoms with E-state index in [1.807, 2.05) is 62.4 Å². The molecule has 3 aromatic rings. The summed E-state index contributed by atoms with van der Waals surface area (Å²) in [6.07, 6.45) is 0.615. The average Bonchev–Trinajstić information content (AvgIpc) is 3.37. The van der Waals surface area contributed by atoms with Gasteiger partial charge < -0.3 is 10.2 Å². The molecule has 2 aliphatic rings. The summed E-state index contributed by atoms with van der Waals surface area (Å²) in [5.41, 5.74) is 5.63. The second kappa shape index (κ2) is 10.5. The minimum absolute atomic E-state index is 0.0171. The van der Waals surface area contributed by atoms with Gasteiger partial charge in [-0.1, -0.05) is 84.9 Å². The topological polar surface area (TPSA) is 60.3 Å². The zero-order chi connectivity index (χ0) is 25.1. The second-order valence-corrected chi connectivity index (χ2v) is 9.14. The lowest BCUT2D eigenvalue weighted by Crippen LogP contribution is -2.49. The van der Waals surface area contributed by atoms with Crippen LogP contribution in [0, 0.1) is 0 Å². The van der Waals surface area contributed by atoms with Crippen LogP contribution in [0.5, 0.6) is 0 Å². The maximum atomic E-state index is 13.6. The van der Waals surface area contributed by atoms with E-state index in [-0.39, 0.29) is 11.9 Å². The van der Waals surface area contributed by atoms with Gasteiger partial charge >= 0.3 is 0 Å². The molecule has 0 spiro atoms. The van der Waals surface area contributed by atoms with Gasteiger partial charge in [-0.15, -0.1) is 9.24 Å². The molecular weight excluding hydrogens is 465 g/mol. The van der Waals surface area contributed by atoms with E-state index in [0.29, 0.717) is 36.9 Å². The lowest BCUT2D eigenvalue weighted by atomic mass is 10.0. The summed E-state index contributed by atoms with van der Waals surface area (Å²) in [5.74, 6) is 1.26. The number of benzene rings is 3. The number of carbonyl (C=O) groups is 1. The Kier molecular flexibility index (Phi) is 6.97. The first-order chi connectivity index (χ1) is 17.6. The van der Waals surface area contributed by atoms with E-state index in [2.05, 4.69) is 55.9 Å². The molecule has 0 radical (unpaired) electrons. The number of hydrogen-bond acceptors (Lipinski definition) is 4. The van der Waals surface area contributed by atoms with Crippen LogP contribution in [0.15, 0.2) is 106 Å². The number of fused-ring (bicyclic) bond motifs is 1. The number of likely N-dealkylation sites (N-methyl/N-ethyl adjacent to an activating group) is 1. The number of nitrogens with one attached hydrogen (secondary N) is 1. The van der Waals surface area contributed by atoms with Crippen molar-refractivity contribution in [3.63, 3.8) is 0 Å². The number of hydrogen-bond donors (Lipinski definition) is 1. The molecule has 1 unspecified atom stereocenters. The number of allylic oxidation sites excluding steroid dienone is 1. The third-order valence-electron chi connectivity index (χ3n) is 6.56. The monoisotopic (exact) mass is 495 g/mol. The lowest BCUT2D eigenvalue weighted by molar-refractivity contribution is -0.124. The van der Waals surface area contributed by atoms with Crippen LogP contribution in [-0.2, 0) is 4.79 Å². The van der Waals surface area contributed by atoms with Crippen molar-refractivity contribution in [2.45, 2.75) is 19.9 Å². The van der Waals surface area contributed by atoms with Crippen LogP contribution in [0.2, 0.25) is 0 Å². The Hall–Kier alpha value is -3.76. The fourth-order valence-corrected chi connectivity index (χ4v) is 4.84. The van der Waals surface area contributed by atoms with Gasteiger partial charge in [0, 0.05) is 24.1 Å². The van der Waals surface area contributed by atoms with Crippen molar-refractivity contribution in [3.05, 3.63) is 107 Å². The standard InChI is InChI=1S/C29H30N5OP/c1-3-33-28(35)26(20(2)34-18-25(31-29(33)34)23-12-8-5-9-13-23)32-27(30-19-36)24-16-14-22(15-17-24)21-10-6-4-7-11-21/h4-17,25H,3,18-19,36H2,1-2H3,(H,30,32)/t25-/m0/s1. The maximum Gasteiger partial charge on any atom is 0.281 e. The van der Waals surface area contributed by atoms with E-state index in [9.17, 15) is 4.79 Å². The molecular formula is C29H30N5OP. The largest absolute Gasteiger partial charge is 0.366 e. The molecule has 0 aliphatic carbocycles. The number of nitrogens with zero attached hydrogens (tertiary/aromatic N) is 4. The zero-order valence-corrected chi connectivity index (χ0v) is 21.7. The predicted molar refractivity (Wildman–Crippen MR) is 150 cm³/mol. The fourth-order valence-electron chi connectivity index (χ4n) is 4.64. The van der Waals surface area contributed by atoms with Crippen molar-refractivity contribution in [2.75, 3.05) is 19.4 Å². The second-order valence-electron chi connectivity index (χ2n) is 8.73. The van der Waals surface area contributed by atoms with Crippen molar-refractivity contribution < 1.29 is 4.79 Å². The highest BCUT2D eigenvalue weighted by atomic mass is 31.0. The van der Waals surface area contributed by atoms with Gasteiger partial charge in [-0.25, -0.2) is 9.98 Å². The van der Waals surface area contributed by atoms with Gasteiger partial charge in [0.15, 0.2) is 0 Å². The molecule has 0 bridgehead atoms. The van der Waals surface area contributed by atoms with E-state index in [1.165, 1.54) is 0 Å². The molecule has 2 heterocycles. The Labute approximate surface area is 214 Å². The Morgan fingerprint density at radius 2 is 1.64 bits per heavy atom. The molecule has 6 nitrogen and oxygen atoms in total. The van der Waals surface area contributed by atoms with Crippen molar-refractivity contribution in [3.8, 4) is 11.1 Å². The number of amidine groups is 1. The minimum atomic E-state index is -0.123. The summed E-state index contributed by atoms with van der Waals surface area (Å²) in [6, 6.07) is 28.7. The minimum Gasteiger partial charge on any atom is -0.366 e. The summed E-state index contributed by atoms with van der Waals surface area (Å²) >= 11 is 0. The lowest BCUT2D eigenvalue weighted by Gasteiger charge is -2.34. The molecule has 36 heavy (non-hydrogen) atoms. The third kappa shape index (κ3) is 4.57. The number of aliphatic imine (C=N–C) groups is 2. The number of guanidine groups is 1. The van der Waals surface area contributed by atoms with E-state index in [4.69, 9.17) is 9.98 Å². The highest BCUT2D eigenvalue weighted by Gasteiger charge is 2.40. The SMILES string of the molecule is CCN1C(=O)C(/N=C(\NCP)c2ccc(-c3ccccc3)cc2)=C(C)N2C[C@@H](c3ccccc3)N=C12. The average molecular weight is 496 g/mol. The Bertz CT molecular complexity index is 1330. The van der Waals surface area contributed by atoms with Crippen LogP contribution in [-0.4, -0.2) is 46.9 Å². The first-order valence-corrected chi connectivity index (χ1v) is 13.0. The molecule has 0 saturated carbocycles. The van der Waals surface area contributed by atoms with Gasteiger partial charge in [-0.3, -0.25) is 9.69 Å². The molecule has 0 saturated heterocycles. The van der Waals surface area contributed by atoms with Gasteiger partial charge in [-0.05, 0) is 30.5 Å². The Morgan fingerprint density at radius 3 is 2.28 bits per heavy atom. The molecule has 0 fully saturated rings. The summed E-state index contributed by atoms with van der Waals surface area (Å²) in [5, 5.41) is 3.33. The van der Waals surface area contributed by atoms with E-state index in [0.717, 1.165) is 28.0 Å². The molecule has 3 aromatic carbocycles. The van der Waals surface area contributed by atoms with Gasteiger partial charge in [0.25, 0.3) is 5.91 Å². The van der Waals surface area contributed by atoms with Gasteiger partial charge in [0.1, 0.15) is 11.5 Å². The van der Waals surface area contributed by atoms with Gasteiger partial charge in [0.2, 0.25) is 5.96 Å². The normalized spacial score (nSPS) is 17.9. The van der Waals surface area contributed by atoms with Crippen LogP contribution in [0.1, 0.15) is 31.0 Å². The summed E-state index contributed by atoms with van der Waals surface area (Å²) < 4.78 is 0. The van der Waals surface area contributed by atoms with Crippen molar-refractivity contribution in [1.82, 2.24) is 15.1 Å². The van der Waals surface area contributed by atoms with Crippen LogP contribution in [0.25, 0.3) is 11.1 Å². The van der Waals surface area contributed by atoms with Gasteiger partial charge in [-0.2, -0.15) is 0 Å². The van der Waals surface area contributed by atoms with Crippen LogP contribution in [0.4, 0.5) is 0 Å². The molecule has 2 aliphatic heterocycles. The molecule has 182 valence electrons. The molecule has 5 rings (SSSR count). The Morgan fingerprint density at radius 1 is 1.00 bits per heavy atom. The van der Waals surface area contributed by atoms with Crippen molar-refractivity contribution >= 4 is 26.9 Å². The van der Waals surface area contributed by atoms with Crippen LogP contribution in [0.3, 0.4) is 0 Å². The summed E-state index contributed by atoms with van der Waals surface area (Å²) in [4.78, 5) is 27.3. The first-order valence-electron chi connectivity index (χ1n) is 12.2. The van der Waals surface area contributed by atoms with E-state index in [1.54, 1.807) is 4.90 Å². The molecule has 2 atom stereocenters.